The van der Waals surface area contributed by atoms with Crippen molar-refractivity contribution >= 4 is 40.4 Å². The largest absolute Gasteiger partial charge is 0.342 e. The van der Waals surface area contributed by atoms with Gasteiger partial charge in [-0.2, -0.15) is 0 Å². The molecular formula is C12H16Cl2N2OS. The van der Waals surface area contributed by atoms with Crippen LogP contribution < -0.4 is 5.32 Å². The molecule has 1 aromatic rings. The molecule has 1 aromatic heterocycles. The number of hydrogen-bond donors (Lipinski definition) is 1. The minimum absolute atomic E-state index is 0.0350. The lowest BCUT2D eigenvalue weighted by atomic mass is 10.2. The first-order chi connectivity index (χ1) is 8.58. The zero-order valence-electron chi connectivity index (χ0n) is 10.2. The van der Waals surface area contributed by atoms with Gasteiger partial charge in [0.15, 0.2) is 0 Å². The van der Waals surface area contributed by atoms with Crippen molar-refractivity contribution < 1.29 is 4.79 Å². The maximum Gasteiger partial charge on any atom is 0.236 e. The van der Waals surface area contributed by atoms with Gasteiger partial charge in [0.2, 0.25) is 5.91 Å². The Labute approximate surface area is 121 Å². The summed E-state index contributed by atoms with van der Waals surface area (Å²) in [5, 5.41) is 3.20. The molecule has 100 valence electrons. The molecule has 1 fully saturated rings. The highest BCUT2D eigenvalue weighted by molar-refractivity contribution is 7.20. The van der Waals surface area contributed by atoms with E-state index in [0.717, 1.165) is 31.5 Å². The summed E-state index contributed by atoms with van der Waals surface area (Å²) in [7, 11) is 0. The third-order valence-corrected chi connectivity index (χ3v) is 4.69. The molecule has 0 bridgehead atoms. The molecular weight excluding hydrogens is 291 g/mol. The molecule has 18 heavy (non-hydrogen) atoms. The topological polar surface area (TPSA) is 32.3 Å². The average molecular weight is 307 g/mol. The number of carbonyl (C=O) groups excluding carboxylic acids is 1. The van der Waals surface area contributed by atoms with Crippen LogP contribution in [0.15, 0.2) is 6.07 Å². The first-order valence-electron chi connectivity index (χ1n) is 6.04. The molecule has 6 heteroatoms. The van der Waals surface area contributed by atoms with Crippen LogP contribution in [0.25, 0.3) is 0 Å². The summed E-state index contributed by atoms with van der Waals surface area (Å²) >= 11 is 13.3. The van der Waals surface area contributed by atoms with Gasteiger partial charge in [0, 0.05) is 19.1 Å². The molecule has 0 aliphatic carbocycles. The predicted octanol–water partition coefficient (Wildman–Crippen LogP) is 3.33. The van der Waals surface area contributed by atoms with E-state index < -0.39 is 0 Å². The number of rotatable bonds is 4. The average Bonchev–Trinajstić information content (AvgIpc) is 2.95. The Morgan fingerprint density at radius 3 is 2.72 bits per heavy atom. The first kappa shape index (κ1) is 14.1. The van der Waals surface area contributed by atoms with Gasteiger partial charge in [-0.1, -0.05) is 23.2 Å². The van der Waals surface area contributed by atoms with Crippen molar-refractivity contribution in [2.45, 2.75) is 25.8 Å². The molecule has 2 heterocycles. The normalized spacial score (nSPS) is 17.2. The number of amides is 1. The Morgan fingerprint density at radius 1 is 1.50 bits per heavy atom. The van der Waals surface area contributed by atoms with Crippen molar-refractivity contribution in [3.8, 4) is 0 Å². The Hall–Kier alpha value is -0.290. The number of nitrogens with zero attached hydrogens (tertiary/aromatic N) is 1. The number of thiophene rings is 1. The molecule has 3 nitrogen and oxygen atoms in total. The lowest BCUT2D eigenvalue weighted by Crippen LogP contribution is -2.37. The minimum Gasteiger partial charge on any atom is -0.342 e. The van der Waals surface area contributed by atoms with E-state index in [4.69, 9.17) is 23.2 Å². The van der Waals surface area contributed by atoms with Crippen molar-refractivity contribution in [2.75, 3.05) is 19.6 Å². The zero-order chi connectivity index (χ0) is 13.1. The number of hydrogen-bond acceptors (Lipinski definition) is 3. The second kappa shape index (κ2) is 6.24. The smallest absolute Gasteiger partial charge is 0.236 e. The van der Waals surface area contributed by atoms with Gasteiger partial charge in [0.05, 0.1) is 15.2 Å². The third-order valence-electron chi connectivity index (χ3n) is 3.17. The van der Waals surface area contributed by atoms with E-state index in [1.807, 2.05) is 17.9 Å². The molecule has 1 aliphatic rings. The number of nitrogens with one attached hydrogen (secondary N) is 1. The second-order valence-corrected chi connectivity index (χ2v) is 6.76. The van der Waals surface area contributed by atoms with Crippen LogP contribution in [0.1, 0.15) is 31.4 Å². The van der Waals surface area contributed by atoms with E-state index in [0.29, 0.717) is 15.2 Å². The molecule has 1 saturated heterocycles. The van der Waals surface area contributed by atoms with E-state index in [1.165, 1.54) is 11.3 Å². The Kier molecular flexibility index (Phi) is 4.90. The summed E-state index contributed by atoms with van der Waals surface area (Å²) in [6, 6.07) is 1.89. The van der Waals surface area contributed by atoms with Crippen molar-refractivity contribution in [2.24, 2.45) is 0 Å². The molecule has 1 amide bonds. The van der Waals surface area contributed by atoms with Crippen molar-refractivity contribution in [1.29, 1.82) is 0 Å². The molecule has 1 aliphatic heterocycles. The summed E-state index contributed by atoms with van der Waals surface area (Å²) in [4.78, 5) is 13.8. The van der Waals surface area contributed by atoms with Crippen LogP contribution in [-0.2, 0) is 4.79 Å². The molecule has 0 aromatic carbocycles. The van der Waals surface area contributed by atoms with Crippen molar-refractivity contribution in [3.05, 3.63) is 20.3 Å². The first-order valence-corrected chi connectivity index (χ1v) is 7.61. The molecule has 1 N–H and O–H groups in total. The quantitative estimate of drug-likeness (QED) is 0.925. The Morgan fingerprint density at radius 2 is 2.17 bits per heavy atom. The van der Waals surface area contributed by atoms with Crippen LogP contribution in [0, 0.1) is 0 Å². The van der Waals surface area contributed by atoms with Gasteiger partial charge in [-0.3, -0.25) is 4.79 Å². The maximum atomic E-state index is 11.9. The van der Waals surface area contributed by atoms with Gasteiger partial charge in [0.1, 0.15) is 0 Å². The fraction of sp³-hybridized carbons (Fsp3) is 0.583. The molecule has 0 radical (unpaired) electrons. The fourth-order valence-corrected chi connectivity index (χ4v) is 3.72. The highest BCUT2D eigenvalue weighted by Crippen LogP contribution is 2.34. The van der Waals surface area contributed by atoms with Gasteiger partial charge in [-0.25, -0.2) is 0 Å². The number of halogens is 2. The van der Waals surface area contributed by atoms with Crippen LogP contribution in [0.3, 0.4) is 0 Å². The Balaban J connectivity index is 1.86. The van der Waals surface area contributed by atoms with Gasteiger partial charge >= 0.3 is 0 Å². The lowest BCUT2D eigenvalue weighted by Gasteiger charge is -2.18. The molecule has 0 spiro atoms. The van der Waals surface area contributed by atoms with Crippen LogP contribution in [-0.4, -0.2) is 30.4 Å². The van der Waals surface area contributed by atoms with Crippen LogP contribution >= 0.6 is 34.5 Å². The number of carbonyl (C=O) groups is 1. The van der Waals surface area contributed by atoms with Gasteiger partial charge < -0.3 is 10.2 Å². The van der Waals surface area contributed by atoms with Crippen molar-refractivity contribution in [1.82, 2.24) is 10.2 Å². The van der Waals surface area contributed by atoms with Gasteiger partial charge in [-0.15, -0.1) is 11.3 Å². The van der Waals surface area contributed by atoms with E-state index in [9.17, 15) is 4.79 Å². The summed E-state index contributed by atoms with van der Waals surface area (Å²) in [6.07, 6.45) is 2.24. The monoisotopic (exact) mass is 306 g/mol. The summed E-state index contributed by atoms with van der Waals surface area (Å²) < 4.78 is 1.36. The van der Waals surface area contributed by atoms with E-state index in [1.54, 1.807) is 0 Å². The lowest BCUT2D eigenvalue weighted by molar-refractivity contribution is -0.129. The summed E-state index contributed by atoms with van der Waals surface area (Å²) in [5.74, 6) is 0.164. The van der Waals surface area contributed by atoms with Crippen LogP contribution in [0.2, 0.25) is 8.67 Å². The molecule has 0 saturated carbocycles. The van der Waals surface area contributed by atoms with Gasteiger partial charge in [0.25, 0.3) is 0 Å². The van der Waals surface area contributed by atoms with Crippen molar-refractivity contribution in [3.63, 3.8) is 0 Å². The van der Waals surface area contributed by atoms with E-state index in [2.05, 4.69) is 5.32 Å². The molecule has 2 rings (SSSR count). The van der Waals surface area contributed by atoms with E-state index >= 15 is 0 Å². The summed E-state index contributed by atoms with van der Waals surface area (Å²) in [5.41, 5.74) is 0.959. The Bertz CT molecular complexity index is 430. The molecule has 1 atom stereocenters. The maximum absolute atomic E-state index is 11.9. The van der Waals surface area contributed by atoms with Gasteiger partial charge in [-0.05, 0) is 31.4 Å². The standard InChI is InChI=1S/C12H16Cl2N2OS/c1-8(9-6-10(13)18-12(9)14)15-7-11(17)16-4-2-3-5-16/h6,8,15H,2-5,7H2,1H3. The highest BCUT2D eigenvalue weighted by Gasteiger charge is 2.19. The van der Waals surface area contributed by atoms with Crippen LogP contribution in [0.5, 0.6) is 0 Å². The zero-order valence-corrected chi connectivity index (χ0v) is 12.5. The SMILES string of the molecule is CC(NCC(=O)N1CCCC1)c1cc(Cl)sc1Cl. The number of likely N-dealkylation sites (tertiary alicyclic amines) is 1. The third kappa shape index (κ3) is 3.38. The fourth-order valence-electron chi connectivity index (χ4n) is 2.08. The van der Waals surface area contributed by atoms with Crippen LogP contribution in [0.4, 0.5) is 0 Å². The van der Waals surface area contributed by atoms with E-state index in [-0.39, 0.29) is 11.9 Å². The second-order valence-electron chi connectivity index (χ2n) is 4.47. The minimum atomic E-state index is 0.0350. The molecule has 1 unspecified atom stereocenters. The highest BCUT2D eigenvalue weighted by atomic mass is 35.5. The predicted molar refractivity (Wildman–Crippen MR) is 76.6 cm³/mol. The summed E-state index contributed by atoms with van der Waals surface area (Å²) in [6.45, 7) is 4.12.